The van der Waals surface area contributed by atoms with Crippen molar-refractivity contribution >= 4 is 46.8 Å². The molecule has 0 N–H and O–H groups in total. The number of nitrogens with zero attached hydrogens (tertiary/aromatic N) is 4. The van der Waals surface area contributed by atoms with Gasteiger partial charge in [-0.05, 0) is 62.7 Å². The van der Waals surface area contributed by atoms with E-state index < -0.39 is 11.5 Å². The minimum Gasteiger partial charge on any atom is -0.496 e. The van der Waals surface area contributed by atoms with Gasteiger partial charge >= 0.3 is 5.97 Å². The summed E-state index contributed by atoms with van der Waals surface area (Å²) in [6.07, 6.45) is 0. The van der Waals surface area contributed by atoms with Crippen molar-refractivity contribution in [3.8, 4) is 39.8 Å². The van der Waals surface area contributed by atoms with Crippen LogP contribution in [0.25, 0.3) is 28.2 Å². The first-order valence-electron chi connectivity index (χ1n) is 13.2. The number of methoxy groups -OCH3 is 3. The second-order valence-corrected chi connectivity index (χ2v) is 12.7. The third-order valence-corrected chi connectivity index (χ3v) is 8.77. The number of aromatic nitrogens is 3. The molecule has 4 aromatic rings. The second kappa shape index (κ2) is 11.7. The van der Waals surface area contributed by atoms with Crippen LogP contribution in [0.2, 0.25) is 10.0 Å². The van der Waals surface area contributed by atoms with E-state index in [0.29, 0.717) is 49.9 Å². The summed E-state index contributed by atoms with van der Waals surface area (Å²) in [6.45, 7) is 5.90. The van der Waals surface area contributed by atoms with Crippen molar-refractivity contribution in [3.05, 3.63) is 69.3 Å². The summed E-state index contributed by atoms with van der Waals surface area (Å²) in [7, 11) is 6.13. The van der Waals surface area contributed by atoms with Crippen LogP contribution in [0, 0.1) is 0 Å². The highest BCUT2D eigenvalue weighted by Gasteiger charge is 2.34. The summed E-state index contributed by atoms with van der Waals surface area (Å²) < 4.78 is 17.8. The van der Waals surface area contributed by atoms with E-state index in [0.717, 1.165) is 16.0 Å². The van der Waals surface area contributed by atoms with Crippen molar-refractivity contribution in [1.82, 2.24) is 19.7 Å². The number of hydrogen-bond acceptors (Lipinski definition) is 8. The molecule has 224 valence electrons. The average Bonchev–Trinajstić information content (AvgIpc) is 3.38. The highest BCUT2D eigenvalue weighted by molar-refractivity contribution is 7.98. The summed E-state index contributed by atoms with van der Waals surface area (Å²) in [6, 6.07) is 12.1. The van der Waals surface area contributed by atoms with E-state index in [1.807, 2.05) is 32.9 Å². The number of hydrogen-bond donors (Lipinski definition) is 0. The lowest BCUT2D eigenvalue weighted by molar-refractivity contribution is 0.0598. The monoisotopic (exact) mass is 640 g/mol. The van der Waals surface area contributed by atoms with Crippen molar-refractivity contribution in [2.45, 2.75) is 37.0 Å². The fourth-order valence-corrected chi connectivity index (χ4v) is 6.34. The van der Waals surface area contributed by atoms with Crippen LogP contribution in [-0.2, 0) is 10.5 Å². The highest BCUT2D eigenvalue weighted by atomic mass is 35.5. The first-order valence-corrected chi connectivity index (χ1v) is 15.0. The molecule has 0 atom stereocenters. The number of amides is 1. The molecular formula is C31H30Cl2N4O5S. The van der Waals surface area contributed by atoms with Gasteiger partial charge in [0.25, 0.3) is 5.91 Å². The van der Waals surface area contributed by atoms with Crippen molar-refractivity contribution in [2.75, 3.05) is 28.4 Å². The number of carbonyl (C=O) groups excluding carboxylic acids is 2. The molecule has 43 heavy (non-hydrogen) atoms. The summed E-state index contributed by atoms with van der Waals surface area (Å²) in [4.78, 5) is 33.3. The average molecular weight is 642 g/mol. The van der Waals surface area contributed by atoms with Gasteiger partial charge < -0.3 is 19.1 Å². The molecule has 2 aromatic heterocycles. The molecule has 1 aliphatic heterocycles. The SMILES string of the molecule is COC(=O)c1cc(OC)nc(-c2cc3c(cc2OC)CSc2c(C(=O)N(C)C(C)(C)C)nn(-c4cc(Cl)cc(Cl)c4)c2-3)c1. The zero-order valence-electron chi connectivity index (χ0n) is 24.7. The van der Waals surface area contributed by atoms with E-state index >= 15 is 0 Å². The van der Waals surface area contributed by atoms with Crippen molar-refractivity contribution in [2.24, 2.45) is 0 Å². The number of carbonyl (C=O) groups is 2. The Morgan fingerprint density at radius 1 is 0.953 bits per heavy atom. The molecule has 0 radical (unpaired) electrons. The minimum absolute atomic E-state index is 0.211. The van der Waals surface area contributed by atoms with Crippen LogP contribution in [0.4, 0.5) is 0 Å². The Morgan fingerprint density at radius 2 is 1.65 bits per heavy atom. The number of rotatable bonds is 6. The van der Waals surface area contributed by atoms with Crippen LogP contribution in [-0.4, -0.2) is 65.5 Å². The van der Waals surface area contributed by atoms with Crippen LogP contribution in [0.5, 0.6) is 11.6 Å². The van der Waals surface area contributed by atoms with E-state index in [1.54, 1.807) is 48.0 Å². The molecule has 0 saturated carbocycles. The molecule has 1 amide bonds. The lowest BCUT2D eigenvalue weighted by atomic mass is 9.97. The molecule has 9 nitrogen and oxygen atoms in total. The van der Waals surface area contributed by atoms with Gasteiger partial charge in [-0.1, -0.05) is 23.2 Å². The number of esters is 1. The zero-order chi connectivity index (χ0) is 31.2. The van der Waals surface area contributed by atoms with E-state index in [1.165, 1.54) is 32.0 Å². The maximum absolute atomic E-state index is 13.8. The Morgan fingerprint density at radius 3 is 2.26 bits per heavy atom. The Balaban J connectivity index is 1.80. The predicted molar refractivity (Wildman–Crippen MR) is 168 cm³/mol. The fourth-order valence-electron chi connectivity index (χ4n) is 4.69. The summed E-state index contributed by atoms with van der Waals surface area (Å²) in [5.41, 5.74) is 4.31. The van der Waals surface area contributed by atoms with E-state index in [2.05, 4.69) is 4.98 Å². The van der Waals surface area contributed by atoms with E-state index in [4.69, 9.17) is 42.5 Å². The van der Waals surface area contributed by atoms with E-state index in [-0.39, 0.29) is 17.4 Å². The quantitative estimate of drug-likeness (QED) is 0.204. The molecule has 0 bridgehead atoms. The first-order chi connectivity index (χ1) is 20.4. The molecular weight excluding hydrogens is 611 g/mol. The van der Waals surface area contributed by atoms with Gasteiger partial charge in [0.2, 0.25) is 5.88 Å². The zero-order valence-corrected chi connectivity index (χ0v) is 27.1. The molecule has 0 spiro atoms. The Hall–Kier alpha value is -3.73. The van der Waals surface area contributed by atoms with Gasteiger partial charge in [0.05, 0.1) is 48.9 Å². The van der Waals surface area contributed by atoms with Gasteiger partial charge in [0.15, 0.2) is 5.69 Å². The van der Waals surface area contributed by atoms with Crippen LogP contribution in [0.3, 0.4) is 0 Å². The second-order valence-electron chi connectivity index (χ2n) is 10.9. The van der Waals surface area contributed by atoms with Gasteiger partial charge in [0.1, 0.15) is 5.75 Å². The maximum atomic E-state index is 13.8. The molecule has 0 aliphatic carbocycles. The molecule has 0 unspecified atom stereocenters. The maximum Gasteiger partial charge on any atom is 0.338 e. The summed E-state index contributed by atoms with van der Waals surface area (Å²) >= 11 is 14.3. The standard InChI is InChI=1S/C31H30Cl2N4O5S/c1-31(2,3)36(4)29(38)26-28-27(37(35-26)20-12-18(32)11-19(33)13-20)21-14-22(24(40-5)9-17(21)15-43-28)23-8-16(30(39)42-7)10-25(34-23)41-6/h8-14H,15H2,1-7H3. The van der Waals surface area contributed by atoms with Gasteiger partial charge in [-0.15, -0.1) is 11.8 Å². The van der Waals surface area contributed by atoms with Crippen molar-refractivity contribution < 1.29 is 23.8 Å². The number of thioether (sulfide) groups is 1. The molecule has 1 aliphatic rings. The van der Waals surface area contributed by atoms with Crippen LogP contribution in [0.1, 0.15) is 47.2 Å². The number of halogens is 2. The molecule has 5 rings (SSSR count). The topological polar surface area (TPSA) is 95.8 Å². The van der Waals surface area contributed by atoms with Gasteiger partial charge in [-0.25, -0.2) is 14.5 Å². The highest BCUT2D eigenvalue weighted by Crippen LogP contribution is 2.48. The molecule has 0 saturated heterocycles. The Labute approximate surface area is 264 Å². The molecule has 2 aromatic carbocycles. The van der Waals surface area contributed by atoms with Gasteiger partial charge in [0, 0.05) is 45.6 Å². The predicted octanol–water partition coefficient (Wildman–Crippen LogP) is 7.19. The van der Waals surface area contributed by atoms with Crippen LogP contribution >= 0.6 is 35.0 Å². The largest absolute Gasteiger partial charge is 0.496 e. The number of fused-ring (bicyclic) bond motifs is 3. The normalized spacial score (nSPS) is 12.3. The smallest absolute Gasteiger partial charge is 0.338 e. The third kappa shape index (κ3) is 5.79. The van der Waals surface area contributed by atoms with E-state index in [9.17, 15) is 9.59 Å². The Kier molecular flexibility index (Phi) is 8.39. The van der Waals surface area contributed by atoms with Crippen LogP contribution < -0.4 is 9.47 Å². The van der Waals surface area contributed by atoms with Crippen molar-refractivity contribution in [3.63, 3.8) is 0 Å². The Bertz CT molecular complexity index is 1750. The van der Waals surface area contributed by atoms with Gasteiger partial charge in [-0.2, -0.15) is 5.10 Å². The van der Waals surface area contributed by atoms with Crippen LogP contribution in [0.15, 0.2) is 47.4 Å². The lowest BCUT2D eigenvalue weighted by Gasteiger charge is -2.31. The fraction of sp³-hybridized carbons (Fsp3) is 0.290. The molecule has 12 heteroatoms. The van der Waals surface area contributed by atoms with Crippen molar-refractivity contribution in [1.29, 1.82) is 0 Å². The molecule has 0 fully saturated rings. The number of benzene rings is 2. The third-order valence-electron chi connectivity index (χ3n) is 7.21. The first kappa shape index (κ1) is 30.7. The number of ether oxygens (including phenoxy) is 3. The molecule has 3 heterocycles. The summed E-state index contributed by atoms with van der Waals surface area (Å²) in [5.74, 6) is 0.627. The number of pyridine rings is 1. The summed E-state index contributed by atoms with van der Waals surface area (Å²) in [5, 5.41) is 5.72. The lowest BCUT2D eigenvalue weighted by Crippen LogP contribution is -2.42. The van der Waals surface area contributed by atoms with Gasteiger partial charge in [-0.3, -0.25) is 4.79 Å². The minimum atomic E-state index is -0.528.